The van der Waals surface area contributed by atoms with Crippen molar-refractivity contribution < 1.29 is 28.7 Å². The summed E-state index contributed by atoms with van der Waals surface area (Å²) in [7, 11) is -2.23. The van der Waals surface area contributed by atoms with Gasteiger partial charge < -0.3 is 20.2 Å². The van der Waals surface area contributed by atoms with Crippen LogP contribution in [0.1, 0.15) is 66.5 Å². The minimum Gasteiger partial charge on any atom is -0.412 e. The van der Waals surface area contributed by atoms with Gasteiger partial charge in [0.05, 0.1) is 48.6 Å². The van der Waals surface area contributed by atoms with Gasteiger partial charge in [-0.1, -0.05) is 56.1 Å². The van der Waals surface area contributed by atoms with E-state index in [0.29, 0.717) is 33.8 Å². The lowest BCUT2D eigenvalue weighted by molar-refractivity contribution is -0.125. The van der Waals surface area contributed by atoms with Crippen LogP contribution in [0.4, 0.5) is 22.7 Å². The van der Waals surface area contributed by atoms with E-state index >= 15 is 0 Å². The minimum atomic E-state index is -2.23. The topological polar surface area (TPSA) is 226 Å². The first-order valence-corrected chi connectivity index (χ1v) is 22.7. The number of carbonyl (C=O) groups excluding carboxylic acids is 4. The first kappa shape index (κ1) is 50.4. The first-order valence-electron chi connectivity index (χ1n) is 19.1. The monoisotopic (exact) mass is 908 g/mol. The van der Waals surface area contributed by atoms with E-state index in [1.54, 1.807) is 31.2 Å². The standard InChI is InChI=1S/C25H30ClN5O3Si.C19H16ClN5O3/c1-16(34-35(6,7)25(2,3)4)22(29-19-12-13-21(28-5)20(26)14-19)24(33)31-30-23(32)18-10-8-17(15-27)9-11-18;1-11(26)17(23-14-7-8-16(22-2)15(20)9-14)19(28)25-24-18(27)13-5-3-12(10-21)4-6-13/h8-14,16,22,29H,1-4,6-7H3,(H,30,32)(H,31,33);3-9,11,17,23,26H,1H3,(H,24,27)(H,25,28)/t16-,22-;11-,17-/m11/s1. The summed E-state index contributed by atoms with van der Waals surface area (Å²) < 4.78 is 6.44. The summed E-state index contributed by atoms with van der Waals surface area (Å²) in [6, 6.07) is 23.2. The molecule has 4 aromatic carbocycles. The van der Waals surface area contributed by atoms with E-state index in [4.69, 9.17) is 51.3 Å². The second-order valence-electron chi connectivity index (χ2n) is 15.4. The Hall–Kier alpha value is -6.96. The molecule has 4 atom stereocenters. The second kappa shape index (κ2) is 22.8. The molecule has 0 saturated heterocycles. The Morgan fingerprint density at radius 1 is 0.683 bits per heavy atom. The van der Waals surface area contributed by atoms with Crippen LogP contribution in [-0.4, -0.2) is 61.3 Å². The molecule has 0 aromatic heterocycles. The van der Waals surface area contributed by atoms with Crippen molar-refractivity contribution in [2.75, 3.05) is 10.6 Å². The molecule has 16 nitrogen and oxygen atoms in total. The highest BCUT2D eigenvalue weighted by molar-refractivity contribution is 6.74. The third-order valence-electron chi connectivity index (χ3n) is 9.73. The molecule has 4 rings (SSSR count). The number of hydrogen-bond acceptors (Lipinski definition) is 10. The van der Waals surface area contributed by atoms with Crippen molar-refractivity contribution in [2.45, 2.75) is 77.0 Å². The molecular weight excluding hydrogens is 864 g/mol. The first-order chi connectivity index (χ1) is 29.6. The Morgan fingerprint density at radius 3 is 1.40 bits per heavy atom. The number of benzene rings is 4. The Balaban J connectivity index is 0.000000344. The van der Waals surface area contributed by atoms with Gasteiger partial charge in [-0.25, -0.2) is 9.69 Å². The van der Waals surface area contributed by atoms with Gasteiger partial charge in [0, 0.05) is 32.5 Å². The number of hydrogen-bond donors (Lipinski definition) is 7. The van der Waals surface area contributed by atoms with Crippen molar-refractivity contribution in [3.05, 3.63) is 140 Å². The molecule has 19 heteroatoms. The number of aliphatic hydroxyl groups excluding tert-OH is 1. The Kier molecular flexibility index (Phi) is 18.2. The Morgan fingerprint density at radius 2 is 1.06 bits per heavy atom. The molecule has 0 bridgehead atoms. The fourth-order valence-electron chi connectivity index (χ4n) is 5.17. The molecule has 0 fully saturated rings. The van der Waals surface area contributed by atoms with Crippen molar-refractivity contribution >= 4 is 77.9 Å². The number of rotatable bonds is 12. The lowest BCUT2D eigenvalue weighted by atomic mass is 10.1. The third kappa shape index (κ3) is 14.6. The van der Waals surface area contributed by atoms with Crippen LogP contribution in [0.15, 0.2) is 84.9 Å². The summed E-state index contributed by atoms with van der Waals surface area (Å²) in [5, 5.41) is 33.9. The van der Waals surface area contributed by atoms with Gasteiger partial charge in [-0.05, 0) is 105 Å². The molecule has 0 aliphatic heterocycles. The number of amides is 4. The lowest BCUT2D eigenvalue weighted by Gasteiger charge is -2.40. The maximum absolute atomic E-state index is 13.2. The van der Waals surface area contributed by atoms with Crippen LogP contribution >= 0.6 is 23.2 Å². The second-order valence-corrected chi connectivity index (χ2v) is 21.0. The molecule has 63 heavy (non-hydrogen) atoms. The average Bonchev–Trinajstić information content (AvgIpc) is 3.25. The molecule has 0 radical (unpaired) electrons. The number of nitrogens with one attached hydrogen (secondary N) is 6. The van der Waals surface area contributed by atoms with E-state index in [1.165, 1.54) is 67.6 Å². The number of nitrogens with zero attached hydrogens (tertiary/aromatic N) is 4. The fraction of sp³-hybridized carbons (Fsp3) is 0.273. The van der Waals surface area contributed by atoms with Gasteiger partial charge in [-0.2, -0.15) is 10.5 Å². The van der Waals surface area contributed by atoms with E-state index in [2.05, 4.69) is 75.9 Å². The maximum atomic E-state index is 13.2. The SMILES string of the molecule is [C-]#[N+]c1ccc(N[C@@H](C(=O)NNC(=O)c2ccc(C#N)cc2)[C@@H](C)O)cc1Cl.[C-]#[N+]c1ccc(N[C@@H](C(=O)NNC(=O)c2ccc(C#N)cc2)[C@@H](C)O[Si](C)(C)C(C)(C)C)cc1Cl. The molecule has 0 heterocycles. The summed E-state index contributed by atoms with van der Waals surface area (Å²) >= 11 is 12.1. The summed E-state index contributed by atoms with van der Waals surface area (Å²) in [6.07, 6.45) is -1.65. The fourth-order valence-corrected chi connectivity index (χ4v) is 7.04. The van der Waals surface area contributed by atoms with Gasteiger partial charge in [-0.15, -0.1) is 0 Å². The van der Waals surface area contributed by atoms with Crippen LogP contribution in [0, 0.1) is 35.8 Å². The zero-order valence-corrected chi connectivity index (χ0v) is 37.9. The molecular formula is C44H46Cl2N10O6Si. The minimum absolute atomic E-state index is 0.0767. The van der Waals surface area contributed by atoms with Gasteiger partial charge in [0.15, 0.2) is 8.32 Å². The highest BCUT2D eigenvalue weighted by atomic mass is 35.5. The van der Waals surface area contributed by atoms with E-state index in [9.17, 15) is 24.3 Å². The van der Waals surface area contributed by atoms with Crippen molar-refractivity contribution in [1.29, 1.82) is 10.5 Å². The Labute approximate surface area is 377 Å². The van der Waals surface area contributed by atoms with E-state index < -0.39 is 56.2 Å². The number of anilines is 2. The van der Waals surface area contributed by atoms with Crippen molar-refractivity contribution in [3.63, 3.8) is 0 Å². The van der Waals surface area contributed by atoms with Crippen LogP contribution in [-0.2, 0) is 14.0 Å². The molecule has 0 aliphatic carbocycles. The molecule has 4 amide bonds. The largest absolute Gasteiger partial charge is 0.412 e. The molecule has 0 unspecified atom stereocenters. The van der Waals surface area contributed by atoms with Crippen LogP contribution in [0.2, 0.25) is 28.2 Å². The summed E-state index contributed by atoms with van der Waals surface area (Å²) in [6.45, 7) is 27.9. The quantitative estimate of drug-likeness (QED) is 0.0415. The van der Waals surface area contributed by atoms with Gasteiger partial charge in [0.25, 0.3) is 23.6 Å². The molecule has 326 valence electrons. The van der Waals surface area contributed by atoms with Crippen LogP contribution < -0.4 is 32.3 Å². The number of hydrazine groups is 2. The molecule has 7 N–H and O–H groups in total. The lowest BCUT2D eigenvalue weighted by Crippen LogP contribution is -2.55. The average molecular weight is 910 g/mol. The predicted octanol–water partition coefficient (Wildman–Crippen LogP) is 7.80. The number of aliphatic hydroxyl groups is 1. The van der Waals surface area contributed by atoms with Gasteiger partial charge >= 0.3 is 0 Å². The van der Waals surface area contributed by atoms with Crippen LogP contribution in [0.5, 0.6) is 0 Å². The zero-order chi connectivity index (χ0) is 47.1. The summed E-state index contributed by atoms with van der Waals surface area (Å²) in [4.78, 5) is 56.7. The molecule has 0 aliphatic rings. The van der Waals surface area contributed by atoms with Crippen LogP contribution in [0.3, 0.4) is 0 Å². The van der Waals surface area contributed by atoms with Crippen LogP contribution in [0.25, 0.3) is 9.69 Å². The van der Waals surface area contributed by atoms with E-state index in [-0.39, 0.29) is 26.3 Å². The van der Waals surface area contributed by atoms with Crippen molar-refractivity contribution in [3.8, 4) is 12.1 Å². The van der Waals surface area contributed by atoms with Gasteiger partial charge in [-0.3, -0.25) is 40.9 Å². The van der Waals surface area contributed by atoms with Crippen molar-refractivity contribution in [2.24, 2.45) is 0 Å². The normalized spacial score (nSPS) is 12.6. The summed E-state index contributed by atoms with van der Waals surface area (Å²) in [5.41, 5.74) is 12.3. The zero-order valence-electron chi connectivity index (χ0n) is 35.4. The highest BCUT2D eigenvalue weighted by Crippen LogP contribution is 2.38. The number of nitriles is 2. The Bertz CT molecular complexity index is 2470. The molecule has 0 saturated carbocycles. The highest BCUT2D eigenvalue weighted by Gasteiger charge is 2.41. The predicted molar refractivity (Wildman–Crippen MR) is 243 cm³/mol. The molecule has 0 spiro atoms. The van der Waals surface area contributed by atoms with E-state index in [0.717, 1.165) is 0 Å². The number of halogens is 2. The maximum Gasteiger partial charge on any atom is 0.269 e. The van der Waals surface area contributed by atoms with Gasteiger partial charge in [0.1, 0.15) is 12.1 Å². The summed E-state index contributed by atoms with van der Waals surface area (Å²) in [5.74, 6) is -2.29. The number of carbonyl (C=O) groups is 4. The molecule has 4 aromatic rings. The van der Waals surface area contributed by atoms with Crippen molar-refractivity contribution in [1.82, 2.24) is 21.7 Å². The van der Waals surface area contributed by atoms with E-state index in [1.807, 2.05) is 12.1 Å². The smallest absolute Gasteiger partial charge is 0.269 e. The third-order valence-corrected chi connectivity index (χ3v) is 14.9. The van der Waals surface area contributed by atoms with Gasteiger partial charge in [0.2, 0.25) is 11.4 Å².